The van der Waals surface area contributed by atoms with Crippen LogP contribution in [0.3, 0.4) is 0 Å². The molecule has 1 saturated heterocycles. The van der Waals surface area contributed by atoms with Gasteiger partial charge in [0, 0.05) is 37.9 Å². The van der Waals surface area contributed by atoms with Crippen molar-refractivity contribution in [1.29, 1.82) is 0 Å². The van der Waals surface area contributed by atoms with Gasteiger partial charge < -0.3 is 24.8 Å². The quantitative estimate of drug-likeness (QED) is 0.786. The molecule has 1 amide bonds. The van der Waals surface area contributed by atoms with E-state index in [0.717, 1.165) is 45.1 Å². The predicted octanol–water partition coefficient (Wildman–Crippen LogP) is 1.85. The summed E-state index contributed by atoms with van der Waals surface area (Å²) in [4.78, 5) is 19.1. The van der Waals surface area contributed by atoms with Gasteiger partial charge in [0.25, 0.3) is 5.91 Å². The lowest BCUT2D eigenvalue weighted by Gasteiger charge is -2.26. The Labute approximate surface area is 163 Å². The van der Waals surface area contributed by atoms with Gasteiger partial charge in [0.1, 0.15) is 18.9 Å². The fourth-order valence-electron chi connectivity index (χ4n) is 3.13. The van der Waals surface area contributed by atoms with Crippen LogP contribution in [0.5, 0.6) is 11.5 Å². The van der Waals surface area contributed by atoms with Crippen LogP contribution in [0.4, 0.5) is 11.4 Å². The summed E-state index contributed by atoms with van der Waals surface area (Å²) in [6.07, 6.45) is 1.68. The summed E-state index contributed by atoms with van der Waals surface area (Å²) < 4.78 is 16.4. The zero-order valence-corrected chi connectivity index (χ0v) is 15.6. The Bertz CT molecular complexity index is 806. The molecule has 28 heavy (non-hydrogen) atoms. The van der Waals surface area contributed by atoms with Gasteiger partial charge in [-0.3, -0.25) is 9.69 Å². The van der Waals surface area contributed by atoms with Gasteiger partial charge in [-0.25, -0.2) is 4.98 Å². The van der Waals surface area contributed by atoms with Crippen molar-refractivity contribution in [2.24, 2.45) is 0 Å². The lowest BCUT2D eigenvalue weighted by Crippen LogP contribution is -2.39. The third-order valence-corrected chi connectivity index (χ3v) is 4.66. The Hall–Kier alpha value is -2.84. The normalized spacial score (nSPS) is 16.4. The van der Waals surface area contributed by atoms with Crippen molar-refractivity contribution >= 4 is 17.3 Å². The van der Waals surface area contributed by atoms with Crippen molar-refractivity contribution in [2.45, 2.75) is 0 Å². The van der Waals surface area contributed by atoms with E-state index in [2.05, 4.69) is 20.5 Å². The van der Waals surface area contributed by atoms with Crippen molar-refractivity contribution in [2.75, 3.05) is 63.2 Å². The summed E-state index contributed by atoms with van der Waals surface area (Å²) in [6.45, 7) is 6.36. The number of hydrogen-bond donors (Lipinski definition) is 2. The fraction of sp³-hybridized carbons (Fsp3) is 0.400. The fourth-order valence-corrected chi connectivity index (χ4v) is 3.13. The molecule has 0 unspecified atom stereocenters. The van der Waals surface area contributed by atoms with Crippen LogP contribution in [-0.2, 0) is 4.74 Å². The van der Waals surface area contributed by atoms with E-state index in [1.165, 1.54) is 0 Å². The van der Waals surface area contributed by atoms with Crippen molar-refractivity contribution < 1.29 is 19.0 Å². The molecule has 2 aliphatic heterocycles. The van der Waals surface area contributed by atoms with Crippen molar-refractivity contribution in [3.8, 4) is 11.5 Å². The van der Waals surface area contributed by atoms with Gasteiger partial charge in [-0.1, -0.05) is 0 Å². The number of nitrogens with one attached hydrogen (secondary N) is 2. The van der Waals surface area contributed by atoms with Crippen LogP contribution >= 0.6 is 0 Å². The molecule has 0 bridgehead atoms. The van der Waals surface area contributed by atoms with Gasteiger partial charge in [0.05, 0.1) is 25.1 Å². The first kappa shape index (κ1) is 18.5. The first-order valence-electron chi connectivity index (χ1n) is 9.49. The van der Waals surface area contributed by atoms with Gasteiger partial charge >= 0.3 is 0 Å². The van der Waals surface area contributed by atoms with Gasteiger partial charge in [0.2, 0.25) is 0 Å². The monoisotopic (exact) mass is 384 g/mol. The maximum atomic E-state index is 12.4. The van der Waals surface area contributed by atoms with E-state index >= 15 is 0 Å². The van der Waals surface area contributed by atoms with Crippen LogP contribution in [-0.4, -0.2) is 68.4 Å². The molecule has 0 saturated carbocycles. The lowest BCUT2D eigenvalue weighted by atomic mass is 10.2. The largest absolute Gasteiger partial charge is 0.486 e. The summed E-state index contributed by atoms with van der Waals surface area (Å²) >= 11 is 0. The van der Waals surface area contributed by atoms with Gasteiger partial charge in [-0.05, 0) is 24.3 Å². The van der Waals surface area contributed by atoms with Gasteiger partial charge in [-0.15, -0.1) is 0 Å². The number of carbonyl (C=O) groups excluding carboxylic acids is 1. The Kier molecular flexibility index (Phi) is 5.89. The number of rotatable bonds is 6. The van der Waals surface area contributed by atoms with Crippen LogP contribution in [0, 0.1) is 0 Å². The third-order valence-electron chi connectivity index (χ3n) is 4.66. The molecule has 0 atom stereocenters. The molecule has 148 valence electrons. The number of morpholine rings is 1. The van der Waals surface area contributed by atoms with E-state index in [4.69, 9.17) is 14.2 Å². The highest BCUT2D eigenvalue weighted by atomic mass is 16.6. The van der Waals surface area contributed by atoms with E-state index in [0.29, 0.717) is 36.1 Å². The highest BCUT2D eigenvalue weighted by Crippen LogP contribution is 2.32. The number of pyridine rings is 1. The molecule has 3 heterocycles. The molecule has 1 aromatic heterocycles. The average Bonchev–Trinajstić information content (AvgIpc) is 2.75. The predicted molar refractivity (Wildman–Crippen MR) is 105 cm³/mol. The van der Waals surface area contributed by atoms with Gasteiger partial charge in [-0.2, -0.15) is 0 Å². The van der Waals surface area contributed by atoms with Gasteiger partial charge in [0.15, 0.2) is 11.5 Å². The number of hydrogen-bond acceptors (Lipinski definition) is 7. The minimum absolute atomic E-state index is 0.267. The van der Waals surface area contributed by atoms with E-state index < -0.39 is 0 Å². The highest BCUT2D eigenvalue weighted by molar-refractivity contribution is 6.03. The maximum absolute atomic E-state index is 12.4. The summed E-state index contributed by atoms with van der Waals surface area (Å²) in [5.41, 5.74) is 1.89. The number of fused-ring (bicyclic) bond motifs is 1. The minimum Gasteiger partial charge on any atom is -0.486 e. The molecular weight excluding hydrogens is 360 g/mol. The molecule has 8 heteroatoms. The smallest absolute Gasteiger partial charge is 0.274 e. The Morgan fingerprint density at radius 2 is 1.79 bits per heavy atom. The summed E-state index contributed by atoms with van der Waals surface area (Å²) in [5, 5.41) is 6.17. The molecule has 0 aliphatic carbocycles. The topological polar surface area (TPSA) is 85.0 Å². The molecular formula is C20H24N4O4. The number of nitrogens with zero attached hydrogens (tertiary/aromatic N) is 2. The molecule has 1 fully saturated rings. The number of aromatic nitrogens is 1. The first-order chi connectivity index (χ1) is 13.8. The molecule has 0 spiro atoms. The molecule has 4 rings (SSSR count). The van der Waals surface area contributed by atoms with E-state index in [-0.39, 0.29) is 5.91 Å². The summed E-state index contributed by atoms with van der Waals surface area (Å²) in [7, 11) is 0. The number of amides is 1. The Balaban J connectivity index is 1.28. The van der Waals surface area contributed by atoms with Crippen LogP contribution < -0.4 is 20.1 Å². The van der Waals surface area contributed by atoms with E-state index in [1.807, 2.05) is 6.07 Å². The zero-order valence-electron chi connectivity index (χ0n) is 15.6. The molecule has 8 nitrogen and oxygen atoms in total. The SMILES string of the molecule is O=C(Nc1ccc2c(c1)OCCO2)c1ccc(NCCN2CCOCC2)cn1. The second-order valence-corrected chi connectivity index (χ2v) is 6.63. The lowest BCUT2D eigenvalue weighted by molar-refractivity contribution is 0.0398. The standard InChI is InChI=1S/C20H24N4O4/c25-20(23-15-2-4-18-19(13-15)28-12-11-27-18)17-3-1-16(14-22-17)21-5-6-24-7-9-26-10-8-24/h1-4,13-14,21H,5-12H2,(H,23,25). The molecule has 1 aromatic carbocycles. The molecule has 0 radical (unpaired) electrons. The van der Waals surface area contributed by atoms with Crippen molar-refractivity contribution in [1.82, 2.24) is 9.88 Å². The van der Waals surface area contributed by atoms with Crippen molar-refractivity contribution in [3.05, 3.63) is 42.2 Å². The van der Waals surface area contributed by atoms with Crippen LogP contribution in [0.1, 0.15) is 10.5 Å². The molecule has 2 aromatic rings. The Morgan fingerprint density at radius 1 is 1.00 bits per heavy atom. The Morgan fingerprint density at radius 3 is 2.57 bits per heavy atom. The second-order valence-electron chi connectivity index (χ2n) is 6.63. The molecule has 2 aliphatic rings. The van der Waals surface area contributed by atoms with Crippen LogP contribution in [0.2, 0.25) is 0 Å². The summed E-state index contributed by atoms with van der Waals surface area (Å²) in [5.74, 6) is 1.06. The summed E-state index contributed by atoms with van der Waals surface area (Å²) in [6, 6.07) is 8.91. The number of anilines is 2. The molecule has 2 N–H and O–H groups in total. The third kappa shape index (κ3) is 4.71. The highest BCUT2D eigenvalue weighted by Gasteiger charge is 2.14. The van der Waals surface area contributed by atoms with E-state index in [9.17, 15) is 4.79 Å². The number of carbonyl (C=O) groups is 1. The number of benzene rings is 1. The number of ether oxygens (including phenoxy) is 3. The maximum Gasteiger partial charge on any atom is 0.274 e. The van der Waals surface area contributed by atoms with E-state index in [1.54, 1.807) is 30.5 Å². The second kappa shape index (κ2) is 8.90. The first-order valence-corrected chi connectivity index (χ1v) is 9.49. The minimum atomic E-state index is -0.267. The van der Waals surface area contributed by atoms with Crippen LogP contribution in [0.15, 0.2) is 36.5 Å². The van der Waals surface area contributed by atoms with Crippen molar-refractivity contribution in [3.63, 3.8) is 0 Å². The van der Waals surface area contributed by atoms with Crippen LogP contribution in [0.25, 0.3) is 0 Å². The zero-order chi connectivity index (χ0) is 19.2. The average molecular weight is 384 g/mol.